The number of aliphatic hydroxyl groups excluding tert-OH is 8. The molecule has 4 rings (SSSR count). The molecular formula is C24H28Cl2O12. The number of hydrogen-bond acceptors (Lipinski definition) is 12. The van der Waals surface area contributed by atoms with Crippen molar-refractivity contribution < 1.29 is 59.8 Å². The summed E-state index contributed by atoms with van der Waals surface area (Å²) in [4.78, 5) is 0. The van der Waals surface area contributed by atoms with E-state index in [0.717, 1.165) is 0 Å². The van der Waals surface area contributed by atoms with Gasteiger partial charge in [-0.3, -0.25) is 0 Å². The summed E-state index contributed by atoms with van der Waals surface area (Å²) in [5, 5.41) is 78.9. The smallest absolute Gasteiger partial charge is 0.229 e. The molecule has 2 fully saturated rings. The fourth-order valence-electron chi connectivity index (χ4n) is 4.13. The molecule has 14 heteroatoms. The summed E-state index contributed by atoms with van der Waals surface area (Å²) < 4.78 is 21.8. The summed E-state index contributed by atoms with van der Waals surface area (Å²) in [5.74, 6) is 0.210. The Hall–Kier alpha value is -1.78. The number of aliphatic hydroxyl groups is 8. The Bertz CT molecular complexity index is 1020. The fraction of sp³-hybridized carbons (Fsp3) is 0.500. The van der Waals surface area contributed by atoms with Gasteiger partial charge in [-0.1, -0.05) is 35.3 Å². The van der Waals surface area contributed by atoms with Crippen LogP contribution in [0.3, 0.4) is 0 Å². The Balaban J connectivity index is 1.47. The highest BCUT2D eigenvalue weighted by Gasteiger charge is 2.46. The van der Waals surface area contributed by atoms with Crippen molar-refractivity contribution in [2.24, 2.45) is 0 Å². The summed E-state index contributed by atoms with van der Waals surface area (Å²) >= 11 is 12.7. The van der Waals surface area contributed by atoms with Crippen LogP contribution in [0.2, 0.25) is 10.0 Å². The standard InChI is InChI=1S/C24H28Cl2O12/c25-11-5-9(1-3-13(11)35-23-21(33)19(31)17(29)15(7-27)37-23)10-2-4-14(12(26)6-10)36-24-22(34)20(32)18(30)16(8-28)38-24/h1-6,15-24,27-34H,7-8H2/t15-,16-,17-,18-,19+,20+,21+,22+,23+,24+/m1/s1. The third-order valence-electron chi connectivity index (χ3n) is 6.38. The van der Waals surface area contributed by atoms with Crippen LogP contribution in [0, 0.1) is 0 Å². The third-order valence-corrected chi connectivity index (χ3v) is 6.97. The lowest BCUT2D eigenvalue weighted by molar-refractivity contribution is -0.277. The van der Waals surface area contributed by atoms with Gasteiger partial charge in [0, 0.05) is 0 Å². The minimum atomic E-state index is -1.60. The van der Waals surface area contributed by atoms with Crippen LogP contribution in [0.1, 0.15) is 0 Å². The summed E-state index contributed by atoms with van der Waals surface area (Å²) in [7, 11) is 0. The largest absolute Gasteiger partial charge is 0.460 e. The van der Waals surface area contributed by atoms with E-state index in [-0.39, 0.29) is 21.5 Å². The molecule has 10 atom stereocenters. The molecule has 0 bridgehead atoms. The van der Waals surface area contributed by atoms with Gasteiger partial charge < -0.3 is 59.8 Å². The molecule has 0 saturated carbocycles. The molecule has 0 aromatic heterocycles. The van der Waals surface area contributed by atoms with Crippen LogP contribution in [0.4, 0.5) is 0 Å². The predicted octanol–water partition coefficient (Wildman–Crippen LogP) is -0.982. The first-order valence-corrected chi connectivity index (χ1v) is 12.3. The van der Waals surface area contributed by atoms with Crippen LogP contribution < -0.4 is 9.47 Å². The van der Waals surface area contributed by atoms with Crippen molar-refractivity contribution in [2.75, 3.05) is 13.2 Å². The lowest BCUT2D eigenvalue weighted by Gasteiger charge is -2.39. The normalized spacial score (nSPS) is 35.6. The number of ether oxygens (including phenoxy) is 4. The zero-order chi connectivity index (χ0) is 27.7. The number of halogens is 2. The van der Waals surface area contributed by atoms with E-state index in [9.17, 15) is 40.9 Å². The van der Waals surface area contributed by atoms with Crippen molar-refractivity contribution in [2.45, 2.75) is 61.4 Å². The van der Waals surface area contributed by atoms with Crippen LogP contribution in [-0.4, -0.2) is 115 Å². The Labute approximate surface area is 226 Å². The van der Waals surface area contributed by atoms with Gasteiger partial charge in [-0.05, 0) is 35.4 Å². The van der Waals surface area contributed by atoms with E-state index in [2.05, 4.69) is 0 Å². The van der Waals surface area contributed by atoms with Gasteiger partial charge in [0.05, 0.1) is 23.3 Å². The van der Waals surface area contributed by atoms with Crippen molar-refractivity contribution in [1.82, 2.24) is 0 Å². The van der Waals surface area contributed by atoms with Gasteiger partial charge in [0.25, 0.3) is 0 Å². The summed E-state index contributed by atoms with van der Waals surface area (Å²) in [5.41, 5.74) is 1.22. The molecule has 2 aromatic rings. The summed E-state index contributed by atoms with van der Waals surface area (Å²) in [6.07, 6.45) is -14.5. The van der Waals surface area contributed by atoms with E-state index >= 15 is 0 Å². The Kier molecular flexibility index (Phi) is 9.35. The molecule has 12 nitrogen and oxygen atoms in total. The molecule has 0 unspecified atom stereocenters. The highest BCUT2D eigenvalue weighted by atomic mass is 35.5. The van der Waals surface area contributed by atoms with Crippen molar-refractivity contribution in [1.29, 1.82) is 0 Å². The number of benzene rings is 2. The number of rotatable bonds is 7. The van der Waals surface area contributed by atoms with E-state index in [0.29, 0.717) is 11.1 Å². The summed E-state index contributed by atoms with van der Waals surface area (Å²) in [6, 6.07) is 9.34. The van der Waals surface area contributed by atoms with Gasteiger partial charge >= 0.3 is 0 Å². The molecule has 2 aromatic carbocycles. The van der Waals surface area contributed by atoms with Crippen molar-refractivity contribution >= 4 is 23.2 Å². The molecule has 2 heterocycles. The molecule has 210 valence electrons. The van der Waals surface area contributed by atoms with Gasteiger partial charge in [-0.15, -0.1) is 0 Å². The minimum Gasteiger partial charge on any atom is -0.460 e. The van der Waals surface area contributed by atoms with Crippen molar-refractivity contribution in [3.63, 3.8) is 0 Å². The first-order chi connectivity index (χ1) is 18.0. The lowest BCUT2D eigenvalue weighted by atomic mass is 9.99. The van der Waals surface area contributed by atoms with Crippen LogP contribution >= 0.6 is 23.2 Å². The zero-order valence-corrected chi connectivity index (χ0v) is 21.1. The van der Waals surface area contributed by atoms with Gasteiger partial charge in [-0.25, -0.2) is 0 Å². The average Bonchev–Trinajstić information content (AvgIpc) is 2.91. The topological polar surface area (TPSA) is 199 Å². The van der Waals surface area contributed by atoms with E-state index in [1.165, 1.54) is 12.1 Å². The average molecular weight is 579 g/mol. The maximum Gasteiger partial charge on any atom is 0.229 e. The second kappa shape index (κ2) is 12.2. The molecule has 38 heavy (non-hydrogen) atoms. The van der Waals surface area contributed by atoms with Gasteiger partial charge in [-0.2, -0.15) is 0 Å². The van der Waals surface area contributed by atoms with Crippen LogP contribution in [-0.2, 0) is 9.47 Å². The van der Waals surface area contributed by atoms with E-state index < -0.39 is 74.6 Å². The monoisotopic (exact) mass is 578 g/mol. The molecule has 0 aliphatic carbocycles. The van der Waals surface area contributed by atoms with E-state index in [1.54, 1.807) is 24.3 Å². The van der Waals surface area contributed by atoms with Gasteiger partial charge in [0.2, 0.25) is 12.6 Å². The maximum absolute atomic E-state index is 10.2. The van der Waals surface area contributed by atoms with E-state index in [1.807, 2.05) is 0 Å². The van der Waals surface area contributed by atoms with Crippen LogP contribution in [0.15, 0.2) is 36.4 Å². The van der Waals surface area contributed by atoms with Gasteiger partial charge in [0.1, 0.15) is 60.3 Å². The first-order valence-electron chi connectivity index (χ1n) is 11.6. The quantitative estimate of drug-likeness (QED) is 0.200. The predicted molar refractivity (Wildman–Crippen MR) is 131 cm³/mol. The molecule has 2 aliphatic rings. The fourth-order valence-corrected chi connectivity index (χ4v) is 4.58. The minimum absolute atomic E-state index is 0.105. The third kappa shape index (κ3) is 5.87. The second-order valence-corrected chi connectivity index (χ2v) is 9.74. The molecule has 2 saturated heterocycles. The summed E-state index contributed by atoms with van der Waals surface area (Å²) in [6.45, 7) is -1.21. The Morgan fingerprint density at radius 3 is 1.26 bits per heavy atom. The van der Waals surface area contributed by atoms with Gasteiger partial charge in [0.15, 0.2) is 0 Å². The van der Waals surface area contributed by atoms with E-state index in [4.69, 9.17) is 42.1 Å². The van der Waals surface area contributed by atoms with Crippen molar-refractivity contribution in [3.05, 3.63) is 46.4 Å². The number of hydrogen-bond donors (Lipinski definition) is 8. The molecular weight excluding hydrogens is 551 g/mol. The lowest BCUT2D eigenvalue weighted by Crippen LogP contribution is -2.60. The van der Waals surface area contributed by atoms with Crippen LogP contribution in [0.5, 0.6) is 11.5 Å². The molecule has 2 aliphatic heterocycles. The molecule has 0 radical (unpaired) electrons. The highest BCUT2D eigenvalue weighted by Crippen LogP contribution is 2.36. The van der Waals surface area contributed by atoms with Crippen molar-refractivity contribution in [3.8, 4) is 22.6 Å². The molecule has 8 N–H and O–H groups in total. The SMILES string of the molecule is OC[C@H]1O[C@H](Oc2ccc(-c3ccc(O[C@H]4O[C@H](CO)[C@@H](O)[C@H](O)[C@@H]4O)c(Cl)c3)cc2Cl)[C@@H](O)[C@@H](O)[C@@H]1O. The Morgan fingerprint density at radius 2 is 0.947 bits per heavy atom. The maximum atomic E-state index is 10.2. The van der Waals surface area contributed by atoms with Crippen LogP contribution in [0.25, 0.3) is 11.1 Å². The second-order valence-electron chi connectivity index (χ2n) is 8.92. The first kappa shape index (κ1) is 29.2. The highest BCUT2D eigenvalue weighted by molar-refractivity contribution is 6.33. The zero-order valence-electron chi connectivity index (χ0n) is 19.6. The Morgan fingerprint density at radius 1 is 0.579 bits per heavy atom. The molecule has 0 spiro atoms. The molecule has 0 amide bonds.